The van der Waals surface area contributed by atoms with E-state index in [9.17, 15) is 53.1 Å². The number of epoxide rings is 1. The minimum atomic E-state index is -1.06. The molecule has 1 unspecified atom stereocenters. The lowest BCUT2D eigenvalue weighted by molar-refractivity contribution is -0.146. The van der Waals surface area contributed by atoms with E-state index in [2.05, 4.69) is 50.2 Å². The summed E-state index contributed by atoms with van der Waals surface area (Å²) in [5, 5.41) is 30.8. The van der Waals surface area contributed by atoms with Crippen LogP contribution in [0.2, 0.25) is 0 Å². The number of unbranched alkanes of at least 4 members (excludes halogenated alkanes) is 2. The van der Waals surface area contributed by atoms with Crippen LogP contribution in [0.4, 0.5) is 15.3 Å². The first-order valence-corrected chi connectivity index (χ1v) is 32.9. The Morgan fingerprint density at radius 2 is 1.58 bits per heavy atom. The van der Waals surface area contributed by atoms with Gasteiger partial charge in [-0.25, -0.2) is 9.59 Å². The van der Waals surface area contributed by atoms with Gasteiger partial charge < -0.3 is 71.7 Å². The highest BCUT2D eigenvalue weighted by molar-refractivity contribution is 8.00. The highest BCUT2D eigenvalue weighted by Gasteiger charge is 2.58. The second-order valence-electron chi connectivity index (χ2n) is 24.8. The molecule has 26 heteroatoms. The Hall–Kier alpha value is -6.87. The molecule has 5 fully saturated rings. The van der Waals surface area contributed by atoms with E-state index in [-0.39, 0.29) is 116 Å². The summed E-state index contributed by atoms with van der Waals surface area (Å²) in [4.78, 5) is 128. The van der Waals surface area contributed by atoms with Gasteiger partial charge in [0, 0.05) is 63.1 Å². The molecule has 0 bridgehead atoms. The van der Waals surface area contributed by atoms with Crippen LogP contribution in [0.15, 0.2) is 60.2 Å². The molecule has 5 aliphatic rings. The Balaban J connectivity index is 0.881. The predicted octanol–water partition coefficient (Wildman–Crippen LogP) is 4.78. The molecule has 25 nitrogen and oxygen atoms in total. The van der Waals surface area contributed by atoms with Gasteiger partial charge in [0.1, 0.15) is 42.6 Å². The quantitative estimate of drug-likeness (QED) is 0.0121. The number of thioether (sulfide) groups is 1. The molecule has 12 atom stereocenters. The first-order chi connectivity index (χ1) is 42.8. The fourth-order valence-electron chi connectivity index (χ4n) is 11.7. The summed E-state index contributed by atoms with van der Waals surface area (Å²) in [7, 11) is 0. The molecular weight excluding hydrogens is 1180 g/mol. The van der Waals surface area contributed by atoms with Crippen molar-refractivity contribution < 1.29 is 76.7 Å². The molecule has 4 heterocycles. The Bertz CT molecular complexity index is 2750. The van der Waals surface area contributed by atoms with Gasteiger partial charge >= 0.3 is 18.1 Å². The number of aliphatic hydroxyl groups excluding tert-OH is 1. The Labute approximate surface area is 532 Å². The Kier molecular flexibility index (Phi) is 28.1. The van der Waals surface area contributed by atoms with E-state index in [1.165, 1.54) is 35.7 Å². The van der Waals surface area contributed by atoms with Crippen LogP contribution in [0.3, 0.4) is 0 Å². The third kappa shape index (κ3) is 23.1. The number of esters is 1. The van der Waals surface area contributed by atoms with Crippen molar-refractivity contribution in [3.63, 3.8) is 0 Å². The summed E-state index contributed by atoms with van der Waals surface area (Å²) in [6.07, 6.45) is 13.7. The molecule has 1 saturated carbocycles. The largest absolute Gasteiger partial charge is 0.459 e. The van der Waals surface area contributed by atoms with E-state index in [4.69, 9.17) is 29.4 Å². The van der Waals surface area contributed by atoms with E-state index < -0.39 is 72.0 Å². The number of anilines is 1. The summed E-state index contributed by atoms with van der Waals surface area (Å²) < 4.78 is 29.0. The lowest BCUT2D eigenvalue weighted by Crippen LogP contribution is -2.54. The standard InChI is InChI=1S/C64H95N9O16S/c1-37(2)57(72-53(75)14-10-9-11-30-73-56(78)33-52(90-8)61(73)82)60(81)71-48(13-12-29-66-62(65)83)59(80)68-45-20-18-43(19-21-45)35-85-63(84)69-46-24-22-44(23-25-46)67-55(77)32-47-34-64(36-86-64)58(79)51(89-47)27-16-38(3)15-26-50-39(4)31-49(41(6)88-50)70-54(76)28-17-40(5)87-42(7)74/h15-21,27-28,37,39-41,44,46-52,57-58,79H,9-14,22-26,29-36H2,1-8H3,(H,67,77)(H,68,80)(H,69,84)(H,70,76)(H,71,81)(H,72,75)(H3,65,66,83)/b27-16+,28-17-,38-15+/t39-,40-,41+,44?,46?,47+,48-,49+,50-,51+,52?,57-,58+,64+/m0/s1. The van der Waals surface area contributed by atoms with Crippen LogP contribution >= 0.6 is 11.8 Å². The maximum absolute atomic E-state index is 13.7. The molecule has 1 spiro atoms. The third-order valence-corrected chi connectivity index (χ3v) is 17.9. The number of primary amides is 1. The number of hydrogen-bond donors (Lipinski definition) is 9. The number of likely N-dealkylation sites (tertiary alicyclic amines) is 1. The van der Waals surface area contributed by atoms with Gasteiger partial charge in [-0.1, -0.05) is 63.1 Å². The normalized spacial score (nSPS) is 27.0. The zero-order valence-corrected chi connectivity index (χ0v) is 54.0. The molecule has 4 aliphatic heterocycles. The van der Waals surface area contributed by atoms with Crippen LogP contribution in [-0.4, -0.2) is 173 Å². The van der Waals surface area contributed by atoms with Crippen molar-refractivity contribution in [3.05, 3.63) is 65.8 Å². The van der Waals surface area contributed by atoms with Gasteiger partial charge in [-0.15, -0.1) is 0 Å². The summed E-state index contributed by atoms with van der Waals surface area (Å²) in [6.45, 7) is 13.3. The topological polar surface area (TPSA) is 354 Å². The fraction of sp³-hybridized carbons (Fsp3) is 0.656. The number of rotatable bonds is 31. The minimum absolute atomic E-state index is 0.0554. The SMILES string of the molecule is CSC1CC(=O)N(CCCCCC(=O)N[C@H](C(=O)N[C@@H](CCCNC(N)=O)C(=O)Nc2ccc(COC(=O)NC3CCC(NC(=O)C[C@@H]4C[C@@]5(CO5)[C@H](O)[C@@H](/C=C/C(C)=C/C[C@@H]5O[C@H](C)[C@H](NC(=O)/C=C\[C@H](C)OC(C)=O)C[C@@H]5C)O4)CC3)cc2)C(C)C)C1=O. The number of imide groups is 1. The van der Waals surface area contributed by atoms with Crippen LogP contribution in [-0.2, 0) is 68.6 Å². The number of benzene rings is 1. The lowest BCUT2D eigenvalue weighted by atomic mass is 9.87. The molecule has 1 aromatic carbocycles. The number of hydrogen-bond acceptors (Lipinski definition) is 17. The average molecular weight is 1280 g/mol. The van der Waals surface area contributed by atoms with Crippen molar-refractivity contribution in [2.45, 2.75) is 229 Å². The first kappa shape index (κ1) is 72.2. The summed E-state index contributed by atoms with van der Waals surface area (Å²) in [5.41, 5.74) is 6.45. The first-order valence-electron chi connectivity index (χ1n) is 31.6. The third-order valence-electron chi connectivity index (χ3n) is 17.0. The van der Waals surface area contributed by atoms with Gasteiger partial charge in [0.05, 0.1) is 42.6 Å². The van der Waals surface area contributed by atoms with Crippen LogP contribution in [0.5, 0.6) is 0 Å². The molecule has 10 amide bonds. The molecule has 10 N–H and O–H groups in total. The highest BCUT2D eigenvalue weighted by atomic mass is 32.2. The highest BCUT2D eigenvalue weighted by Crippen LogP contribution is 2.43. The second kappa shape index (κ2) is 35.1. The number of amides is 10. The van der Waals surface area contributed by atoms with Gasteiger partial charge in [-0.2, -0.15) is 11.8 Å². The number of allylic oxidation sites excluding steroid dienone is 2. The average Bonchev–Trinajstić information content (AvgIpc) is 1.60. The van der Waals surface area contributed by atoms with Gasteiger partial charge in [-0.05, 0) is 127 Å². The van der Waals surface area contributed by atoms with E-state index in [0.29, 0.717) is 88.6 Å². The van der Waals surface area contributed by atoms with Crippen LogP contribution in [0, 0.1) is 11.8 Å². The van der Waals surface area contributed by atoms with Crippen molar-refractivity contribution in [3.8, 4) is 0 Å². The Morgan fingerprint density at radius 3 is 2.22 bits per heavy atom. The van der Waals surface area contributed by atoms with Gasteiger partial charge in [0.25, 0.3) is 0 Å². The zero-order valence-electron chi connectivity index (χ0n) is 53.2. The molecule has 1 aliphatic carbocycles. The molecule has 1 aromatic rings. The molecule has 0 radical (unpaired) electrons. The molecule has 90 heavy (non-hydrogen) atoms. The minimum Gasteiger partial charge on any atom is -0.459 e. The number of carbonyl (C=O) groups excluding carboxylic acids is 10. The van der Waals surface area contributed by atoms with Crippen molar-refractivity contribution >= 4 is 76.9 Å². The number of nitrogens with one attached hydrogen (secondary N) is 7. The van der Waals surface area contributed by atoms with Gasteiger partial charge in [0.15, 0.2) is 0 Å². The number of urea groups is 1. The van der Waals surface area contributed by atoms with Crippen molar-refractivity contribution in [2.24, 2.45) is 17.6 Å². The fourth-order valence-corrected chi connectivity index (χ4v) is 12.3. The monoisotopic (exact) mass is 1280 g/mol. The summed E-state index contributed by atoms with van der Waals surface area (Å²) >= 11 is 1.36. The maximum atomic E-state index is 13.7. The van der Waals surface area contributed by atoms with Gasteiger partial charge in [0.2, 0.25) is 41.4 Å². The summed E-state index contributed by atoms with van der Waals surface area (Å²) in [6, 6.07) is 3.42. The van der Waals surface area contributed by atoms with E-state index in [1.807, 2.05) is 26.0 Å². The van der Waals surface area contributed by atoms with Crippen molar-refractivity contribution in [1.82, 2.24) is 36.8 Å². The van der Waals surface area contributed by atoms with Crippen LogP contribution in [0.25, 0.3) is 0 Å². The predicted molar refractivity (Wildman–Crippen MR) is 336 cm³/mol. The van der Waals surface area contributed by atoms with E-state index in [1.54, 1.807) is 51.3 Å². The number of nitrogens with zero attached hydrogens (tertiary/aromatic N) is 1. The lowest BCUT2D eigenvalue weighted by Gasteiger charge is -2.39. The maximum Gasteiger partial charge on any atom is 0.407 e. The number of alkyl carbamates (subject to hydrolysis) is 1. The number of aliphatic hydroxyl groups is 1. The molecule has 4 saturated heterocycles. The zero-order chi connectivity index (χ0) is 65.7. The molecule has 498 valence electrons. The van der Waals surface area contributed by atoms with Crippen LogP contribution < -0.4 is 43.0 Å². The smallest absolute Gasteiger partial charge is 0.407 e. The number of carbonyl (C=O) groups is 10. The molecule has 6 rings (SSSR count). The summed E-state index contributed by atoms with van der Waals surface area (Å²) in [5.74, 6) is -2.90. The van der Waals surface area contributed by atoms with Crippen LogP contribution in [0.1, 0.15) is 150 Å². The Morgan fingerprint density at radius 1 is 0.878 bits per heavy atom. The van der Waals surface area contributed by atoms with E-state index >= 15 is 0 Å². The molecule has 0 aromatic heterocycles. The van der Waals surface area contributed by atoms with Gasteiger partial charge in [-0.3, -0.25) is 43.3 Å². The number of ether oxygens (including phenoxy) is 5. The number of nitrogens with two attached hydrogens (primary N) is 1. The van der Waals surface area contributed by atoms with Crippen molar-refractivity contribution in [2.75, 3.05) is 31.3 Å². The second-order valence-corrected chi connectivity index (χ2v) is 25.8. The van der Waals surface area contributed by atoms with Crippen molar-refractivity contribution in [1.29, 1.82) is 0 Å². The molecular formula is C64H95N9O16S. The van der Waals surface area contributed by atoms with E-state index in [0.717, 1.165) is 12.0 Å².